The molecule has 2 aromatic rings. The Balaban J connectivity index is 2.27. The lowest BCUT2D eigenvalue weighted by atomic mass is 10.3. The first kappa shape index (κ1) is 9.73. The fourth-order valence-electron chi connectivity index (χ4n) is 1.20. The van der Waals surface area contributed by atoms with Crippen LogP contribution in [-0.4, -0.2) is 9.78 Å². The van der Waals surface area contributed by atoms with E-state index in [1.165, 1.54) is 10.4 Å². The summed E-state index contributed by atoms with van der Waals surface area (Å²) in [7, 11) is 0. The van der Waals surface area contributed by atoms with Gasteiger partial charge < -0.3 is 5.73 Å². The number of nitrogens with zero attached hydrogens (tertiary/aromatic N) is 2. The summed E-state index contributed by atoms with van der Waals surface area (Å²) in [4.78, 5) is 1.30. The molecule has 0 aliphatic carbocycles. The Kier molecular flexibility index (Phi) is 2.60. The van der Waals surface area contributed by atoms with Gasteiger partial charge in [-0.3, -0.25) is 0 Å². The molecule has 2 N–H and O–H groups in total. The van der Waals surface area contributed by atoms with Gasteiger partial charge >= 0.3 is 0 Å². The Labute approximate surface area is 94.7 Å². The molecular formula is C9H10BrN3S. The molecule has 14 heavy (non-hydrogen) atoms. The van der Waals surface area contributed by atoms with E-state index in [0.29, 0.717) is 5.82 Å². The Bertz CT molecular complexity index is 447. The highest BCUT2D eigenvalue weighted by atomic mass is 79.9. The van der Waals surface area contributed by atoms with E-state index in [9.17, 15) is 0 Å². The molecule has 0 bridgehead atoms. The summed E-state index contributed by atoms with van der Waals surface area (Å²) in [6.07, 6.45) is 1.72. The smallest absolute Gasteiger partial charge is 0.136 e. The number of halogens is 1. The van der Waals surface area contributed by atoms with Crippen LogP contribution in [0.25, 0.3) is 0 Å². The molecule has 0 aliphatic heterocycles. The van der Waals surface area contributed by atoms with Crippen molar-refractivity contribution in [1.29, 1.82) is 0 Å². The summed E-state index contributed by atoms with van der Waals surface area (Å²) < 4.78 is 2.65. The lowest BCUT2D eigenvalue weighted by molar-refractivity contribution is 0.703. The predicted octanol–water partition coefficient (Wildman–Crippen LogP) is 2.65. The zero-order valence-corrected chi connectivity index (χ0v) is 10.1. The minimum atomic E-state index is 0.679. The van der Waals surface area contributed by atoms with Crippen molar-refractivity contribution < 1.29 is 0 Å². The first-order chi connectivity index (χ1) is 6.68. The van der Waals surface area contributed by atoms with Gasteiger partial charge in [0, 0.05) is 4.88 Å². The minimum Gasteiger partial charge on any atom is -0.383 e. The van der Waals surface area contributed by atoms with E-state index in [1.807, 2.05) is 0 Å². The number of nitrogen functional groups attached to an aromatic ring is 1. The number of hydrogen-bond donors (Lipinski definition) is 1. The maximum atomic E-state index is 5.83. The Morgan fingerprint density at radius 1 is 1.64 bits per heavy atom. The maximum absolute atomic E-state index is 5.83. The van der Waals surface area contributed by atoms with E-state index in [0.717, 1.165) is 11.0 Å². The van der Waals surface area contributed by atoms with E-state index in [-0.39, 0.29) is 0 Å². The zero-order valence-electron chi connectivity index (χ0n) is 7.70. The molecule has 0 aromatic carbocycles. The molecule has 0 unspecified atom stereocenters. The highest BCUT2D eigenvalue weighted by Crippen LogP contribution is 2.22. The van der Waals surface area contributed by atoms with Crippen LogP contribution in [0, 0.1) is 6.92 Å². The van der Waals surface area contributed by atoms with E-state index < -0.39 is 0 Å². The SMILES string of the molecule is Cc1ccsc1Cn1ncc(Br)c1N. The summed E-state index contributed by atoms with van der Waals surface area (Å²) in [5.41, 5.74) is 7.12. The highest BCUT2D eigenvalue weighted by Gasteiger charge is 2.07. The molecule has 0 spiro atoms. The number of thiophene rings is 1. The monoisotopic (exact) mass is 271 g/mol. The van der Waals surface area contributed by atoms with Crippen molar-refractivity contribution in [3.8, 4) is 0 Å². The average Bonchev–Trinajstić information content (AvgIpc) is 2.68. The van der Waals surface area contributed by atoms with Gasteiger partial charge in [-0.15, -0.1) is 11.3 Å². The van der Waals surface area contributed by atoms with Crippen LogP contribution >= 0.6 is 27.3 Å². The second kappa shape index (κ2) is 3.74. The molecule has 0 aliphatic rings. The van der Waals surface area contributed by atoms with Crippen LogP contribution in [0.5, 0.6) is 0 Å². The first-order valence-electron chi connectivity index (χ1n) is 4.18. The van der Waals surface area contributed by atoms with E-state index in [2.05, 4.69) is 39.4 Å². The molecule has 5 heteroatoms. The van der Waals surface area contributed by atoms with Crippen molar-refractivity contribution in [3.63, 3.8) is 0 Å². The molecule has 0 saturated heterocycles. The lowest BCUT2D eigenvalue weighted by Crippen LogP contribution is -2.05. The molecule has 0 saturated carbocycles. The number of aromatic nitrogens is 2. The van der Waals surface area contributed by atoms with Crippen LogP contribution in [0.3, 0.4) is 0 Å². The summed E-state index contributed by atoms with van der Waals surface area (Å²) in [6.45, 7) is 2.85. The van der Waals surface area contributed by atoms with E-state index in [4.69, 9.17) is 5.73 Å². The Hall–Kier alpha value is -0.810. The third kappa shape index (κ3) is 1.69. The van der Waals surface area contributed by atoms with Crippen LogP contribution < -0.4 is 5.73 Å². The molecule has 0 amide bonds. The van der Waals surface area contributed by atoms with Gasteiger partial charge in [-0.25, -0.2) is 4.68 Å². The zero-order chi connectivity index (χ0) is 10.1. The quantitative estimate of drug-likeness (QED) is 0.913. The number of aryl methyl sites for hydroxylation is 1. The molecule has 2 heterocycles. The van der Waals surface area contributed by atoms with Crippen molar-refractivity contribution in [2.45, 2.75) is 13.5 Å². The molecule has 3 nitrogen and oxygen atoms in total. The predicted molar refractivity (Wildman–Crippen MR) is 62.5 cm³/mol. The van der Waals surface area contributed by atoms with E-state index in [1.54, 1.807) is 22.2 Å². The largest absolute Gasteiger partial charge is 0.383 e. The van der Waals surface area contributed by atoms with Gasteiger partial charge in [-0.05, 0) is 39.9 Å². The second-order valence-corrected chi connectivity index (χ2v) is 4.92. The Morgan fingerprint density at radius 2 is 2.43 bits per heavy atom. The van der Waals surface area contributed by atoms with Gasteiger partial charge in [0.2, 0.25) is 0 Å². The normalized spacial score (nSPS) is 10.7. The van der Waals surface area contributed by atoms with Gasteiger partial charge in [0.15, 0.2) is 0 Å². The molecule has 0 atom stereocenters. The summed E-state index contributed by atoms with van der Waals surface area (Å²) in [5.74, 6) is 0.679. The molecule has 0 fully saturated rings. The highest BCUT2D eigenvalue weighted by molar-refractivity contribution is 9.10. The van der Waals surface area contributed by atoms with Crippen molar-refractivity contribution in [1.82, 2.24) is 9.78 Å². The number of anilines is 1. The fraction of sp³-hybridized carbons (Fsp3) is 0.222. The first-order valence-corrected chi connectivity index (χ1v) is 5.85. The van der Waals surface area contributed by atoms with Crippen molar-refractivity contribution >= 4 is 33.1 Å². The van der Waals surface area contributed by atoms with Crippen molar-refractivity contribution in [3.05, 3.63) is 32.6 Å². The maximum Gasteiger partial charge on any atom is 0.136 e. The third-order valence-electron chi connectivity index (χ3n) is 2.09. The van der Waals surface area contributed by atoms with Crippen molar-refractivity contribution in [2.24, 2.45) is 0 Å². The molecule has 0 radical (unpaired) electrons. The lowest BCUT2D eigenvalue weighted by Gasteiger charge is -2.02. The Morgan fingerprint density at radius 3 is 2.93 bits per heavy atom. The van der Waals surface area contributed by atoms with Gasteiger partial charge in [-0.2, -0.15) is 5.10 Å². The van der Waals surface area contributed by atoms with Crippen molar-refractivity contribution in [2.75, 3.05) is 5.73 Å². The van der Waals surface area contributed by atoms with Gasteiger partial charge in [0.1, 0.15) is 5.82 Å². The summed E-state index contributed by atoms with van der Waals surface area (Å²) >= 11 is 5.06. The fourth-order valence-corrected chi connectivity index (χ4v) is 2.38. The van der Waals surface area contributed by atoms with Crippen LogP contribution in [0.2, 0.25) is 0 Å². The summed E-state index contributed by atoms with van der Waals surface area (Å²) in [5, 5.41) is 6.27. The number of hydrogen-bond acceptors (Lipinski definition) is 3. The van der Waals surface area contributed by atoms with Crippen LogP contribution in [0.15, 0.2) is 22.1 Å². The van der Waals surface area contributed by atoms with Crippen LogP contribution in [0.4, 0.5) is 5.82 Å². The molecule has 74 valence electrons. The topological polar surface area (TPSA) is 43.8 Å². The van der Waals surface area contributed by atoms with Gasteiger partial charge in [0.05, 0.1) is 17.2 Å². The number of nitrogens with two attached hydrogens (primary N) is 1. The second-order valence-electron chi connectivity index (χ2n) is 3.06. The minimum absolute atomic E-state index is 0.679. The molecule has 2 aromatic heterocycles. The number of rotatable bonds is 2. The molecular weight excluding hydrogens is 262 g/mol. The van der Waals surface area contributed by atoms with Crippen LogP contribution in [-0.2, 0) is 6.54 Å². The standard InChI is InChI=1S/C9H10BrN3S/c1-6-2-3-14-8(6)5-13-9(11)7(10)4-12-13/h2-4H,5,11H2,1H3. The van der Waals surface area contributed by atoms with E-state index >= 15 is 0 Å². The third-order valence-corrected chi connectivity index (χ3v) is 3.71. The summed E-state index contributed by atoms with van der Waals surface area (Å²) in [6, 6.07) is 2.11. The van der Waals surface area contributed by atoms with Crippen LogP contribution in [0.1, 0.15) is 10.4 Å². The average molecular weight is 272 g/mol. The van der Waals surface area contributed by atoms with Gasteiger partial charge in [0.25, 0.3) is 0 Å². The molecule has 2 rings (SSSR count). The van der Waals surface area contributed by atoms with Gasteiger partial charge in [-0.1, -0.05) is 0 Å².